The van der Waals surface area contributed by atoms with Crippen molar-refractivity contribution in [2.24, 2.45) is 21.8 Å². The van der Waals surface area contributed by atoms with Crippen molar-refractivity contribution in [1.29, 1.82) is 0 Å². The number of piperidine rings is 1. The molecule has 0 spiro atoms. The molecule has 160 valence electrons. The van der Waals surface area contributed by atoms with Gasteiger partial charge in [-0.1, -0.05) is 25.4 Å². The van der Waals surface area contributed by atoms with E-state index >= 15 is 0 Å². The molecule has 0 aromatic heterocycles. The van der Waals surface area contributed by atoms with E-state index < -0.39 is 23.6 Å². The summed E-state index contributed by atoms with van der Waals surface area (Å²) in [6, 6.07) is 2.04. The summed E-state index contributed by atoms with van der Waals surface area (Å²) in [6.07, 6.45) is 3.32. The third-order valence-corrected chi connectivity index (χ3v) is 6.38. The number of fused-ring (bicyclic) bond motifs is 1. The van der Waals surface area contributed by atoms with Crippen molar-refractivity contribution in [3.05, 3.63) is 46.5 Å². The Hall–Kier alpha value is -2.08. The molecule has 3 unspecified atom stereocenters. The van der Waals surface area contributed by atoms with Crippen molar-refractivity contribution in [3.63, 3.8) is 0 Å². The molecule has 1 amide bonds. The number of aliphatic imine (C=N–C) groups is 2. The monoisotopic (exact) mass is 433 g/mol. The van der Waals surface area contributed by atoms with Crippen LogP contribution in [0.5, 0.6) is 0 Å². The molecule has 0 radical (unpaired) electrons. The fourth-order valence-corrected chi connectivity index (χ4v) is 5.00. The van der Waals surface area contributed by atoms with Crippen LogP contribution in [-0.4, -0.2) is 40.8 Å². The third-order valence-electron chi connectivity index (χ3n) is 6.15. The van der Waals surface area contributed by atoms with Gasteiger partial charge in [-0.3, -0.25) is 14.8 Å². The highest BCUT2D eigenvalue weighted by molar-refractivity contribution is 6.68. The molecule has 3 aliphatic rings. The van der Waals surface area contributed by atoms with Gasteiger partial charge in [0.15, 0.2) is 0 Å². The molecular weight excluding hydrogens is 408 g/mol. The summed E-state index contributed by atoms with van der Waals surface area (Å²) < 4.78 is 29.6. The zero-order chi connectivity index (χ0) is 21.6. The van der Waals surface area contributed by atoms with Gasteiger partial charge in [0.2, 0.25) is 5.91 Å². The predicted molar refractivity (Wildman–Crippen MR) is 115 cm³/mol. The van der Waals surface area contributed by atoms with Crippen molar-refractivity contribution in [2.75, 3.05) is 13.1 Å². The zero-order valence-corrected chi connectivity index (χ0v) is 18.2. The number of halogens is 3. The van der Waals surface area contributed by atoms with E-state index in [1.54, 1.807) is 6.08 Å². The van der Waals surface area contributed by atoms with Crippen molar-refractivity contribution in [3.8, 4) is 0 Å². The summed E-state index contributed by atoms with van der Waals surface area (Å²) in [7, 11) is 0. The number of hydrogen-bond acceptors (Lipinski definition) is 3. The number of likely N-dealkylation sites (tertiary alicyclic amines) is 1. The molecule has 3 heterocycles. The van der Waals surface area contributed by atoms with Gasteiger partial charge in [0.25, 0.3) is 0 Å². The molecule has 1 fully saturated rings. The number of rotatable bonds is 4. The lowest BCUT2D eigenvalue weighted by molar-refractivity contribution is -0.135. The lowest BCUT2D eigenvalue weighted by Crippen LogP contribution is -2.51. The normalized spacial score (nSPS) is 26.5. The molecule has 4 nitrogen and oxygen atoms in total. The summed E-state index contributed by atoms with van der Waals surface area (Å²) in [5, 5.41) is 0.447. The number of benzene rings is 1. The van der Waals surface area contributed by atoms with Gasteiger partial charge in [-0.05, 0) is 55.0 Å². The van der Waals surface area contributed by atoms with Gasteiger partial charge in [-0.15, -0.1) is 0 Å². The maximum absolute atomic E-state index is 14.8. The van der Waals surface area contributed by atoms with Gasteiger partial charge >= 0.3 is 0 Å². The first kappa shape index (κ1) is 21.2. The van der Waals surface area contributed by atoms with Crippen molar-refractivity contribution in [2.45, 2.75) is 52.1 Å². The van der Waals surface area contributed by atoms with Crippen LogP contribution in [0, 0.1) is 23.5 Å². The summed E-state index contributed by atoms with van der Waals surface area (Å²) in [5.41, 5.74) is 2.38. The van der Waals surface area contributed by atoms with Crippen LogP contribution in [0.15, 0.2) is 33.8 Å². The fourth-order valence-electron chi connectivity index (χ4n) is 4.76. The summed E-state index contributed by atoms with van der Waals surface area (Å²) >= 11 is 5.98. The minimum atomic E-state index is -0.655. The zero-order valence-electron chi connectivity index (χ0n) is 17.5. The standard InChI is InChI=1S/C23H26ClF2N3O/c1-12(2)6-14-8-16(25)22(17(26)9-14)19-10-15-18(28-19)4-5-29(23(15)30)20-11-27-21(24)7-13(20)3/h7-9,12,15,19-20H,4-6,10-11H2,1-3H3. The topological polar surface area (TPSA) is 45.0 Å². The lowest BCUT2D eigenvalue weighted by Gasteiger charge is -2.38. The number of nitrogens with zero attached hydrogens (tertiary/aromatic N) is 3. The predicted octanol–water partition coefficient (Wildman–Crippen LogP) is 4.86. The summed E-state index contributed by atoms with van der Waals surface area (Å²) in [5.74, 6) is -1.29. The Morgan fingerprint density at radius 1 is 1.27 bits per heavy atom. The van der Waals surface area contributed by atoms with Gasteiger partial charge in [-0.2, -0.15) is 0 Å². The highest BCUT2D eigenvalue weighted by Gasteiger charge is 2.43. The summed E-state index contributed by atoms with van der Waals surface area (Å²) in [4.78, 5) is 23.9. The van der Waals surface area contributed by atoms with E-state index in [1.807, 2.05) is 25.7 Å². The average molecular weight is 434 g/mol. The maximum atomic E-state index is 14.8. The molecule has 7 heteroatoms. The van der Waals surface area contributed by atoms with Crippen molar-refractivity contribution >= 4 is 28.4 Å². The van der Waals surface area contributed by atoms with E-state index in [1.165, 1.54) is 12.1 Å². The van der Waals surface area contributed by atoms with Crippen LogP contribution >= 0.6 is 11.6 Å². The Labute approximate surface area is 180 Å². The Kier molecular flexibility index (Phi) is 5.80. The molecule has 1 saturated heterocycles. The van der Waals surface area contributed by atoms with E-state index in [9.17, 15) is 13.6 Å². The molecule has 30 heavy (non-hydrogen) atoms. The Morgan fingerprint density at radius 2 is 1.97 bits per heavy atom. The lowest BCUT2D eigenvalue weighted by atomic mass is 9.88. The second-order valence-corrected chi connectivity index (χ2v) is 9.23. The minimum Gasteiger partial charge on any atom is -0.333 e. The van der Waals surface area contributed by atoms with Crippen LogP contribution in [0.3, 0.4) is 0 Å². The number of dihydropyridines is 1. The van der Waals surface area contributed by atoms with Crippen molar-refractivity contribution < 1.29 is 13.6 Å². The quantitative estimate of drug-likeness (QED) is 0.668. The van der Waals surface area contributed by atoms with E-state index in [2.05, 4.69) is 9.98 Å². The molecule has 3 atom stereocenters. The van der Waals surface area contributed by atoms with Crippen LogP contribution in [-0.2, 0) is 11.2 Å². The van der Waals surface area contributed by atoms with Crippen LogP contribution < -0.4 is 0 Å². The molecule has 4 rings (SSSR count). The molecule has 0 saturated carbocycles. The second-order valence-electron chi connectivity index (χ2n) is 8.84. The van der Waals surface area contributed by atoms with E-state index in [0.29, 0.717) is 49.0 Å². The molecule has 0 N–H and O–H groups in total. The van der Waals surface area contributed by atoms with E-state index in [-0.39, 0.29) is 17.5 Å². The maximum Gasteiger partial charge on any atom is 0.232 e. The number of hydrogen-bond donors (Lipinski definition) is 0. The summed E-state index contributed by atoms with van der Waals surface area (Å²) in [6.45, 7) is 6.94. The molecule has 3 aliphatic heterocycles. The number of amides is 1. The highest BCUT2D eigenvalue weighted by Crippen LogP contribution is 2.40. The SMILES string of the molecule is CC1=CC(Cl)=NCC1N1CCC2=NC(c3c(F)cc(CC(C)C)cc3F)CC2C1=O. The Balaban J connectivity index is 1.54. The minimum absolute atomic E-state index is 0.0196. The van der Waals surface area contributed by atoms with Gasteiger partial charge in [0, 0.05) is 24.2 Å². The highest BCUT2D eigenvalue weighted by atomic mass is 35.5. The van der Waals surface area contributed by atoms with Crippen LogP contribution in [0.1, 0.15) is 50.8 Å². The number of allylic oxidation sites excluding steroid dienone is 1. The van der Waals surface area contributed by atoms with Crippen LogP contribution in [0.4, 0.5) is 8.78 Å². The first-order chi connectivity index (χ1) is 14.2. The fraction of sp³-hybridized carbons (Fsp3) is 0.522. The van der Waals surface area contributed by atoms with E-state index in [0.717, 1.165) is 11.3 Å². The van der Waals surface area contributed by atoms with Gasteiger partial charge in [0.05, 0.1) is 24.5 Å². The van der Waals surface area contributed by atoms with Crippen LogP contribution in [0.25, 0.3) is 0 Å². The van der Waals surface area contributed by atoms with Gasteiger partial charge < -0.3 is 4.90 Å². The molecule has 0 aliphatic carbocycles. The smallest absolute Gasteiger partial charge is 0.232 e. The first-order valence-electron chi connectivity index (χ1n) is 10.5. The van der Waals surface area contributed by atoms with Gasteiger partial charge in [0.1, 0.15) is 16.8 Å². The molecular formula is C23H26ClF2N3O. The van der Waals surface area contributed by atoms with Crippen molar-refractivity contribution in [1.82, 2.24) is 4.90 Å². The Morgan fingerprint density at radius 3 is 2.60 bits per heavy atom. The Bertz CT molecular complexity index is 946. The van der Waals surface area contributed by atoms with E-state index in [4.69, 9.17) is 11.6 Å². The molecule has 1 aromatic rings. The number of carbonyl (C=O) groups excluding carboxylic acids is 1. The molecule has 0 bridgehead atoms. The largest absolute Gasteiger partial charge is 0.333 e. The first-order valence-corrected chi connectivity index (χ1v) is 10.9. The van der Waals surface area contributed by atoms with Crippen LogP contribution in [0.2, 0.25) is 0 Å². The number of carbonyl (C=O) groups is 1. The van der Waals surface area contributed by atoms with Gasteiger partial charge in [-0.25, -0.2) is 8.78 Å². The molecule has 1 aromatic carbocycles. The second kappa shape index (κ2) is 8.22. The average Bonchev–Trinajstić information content (AvgIpc) is 3.06. The third kappa shape index (κ3) is 3.94.